The summed E-state index contributed by atoms with van der Waals surface area (Å²) in [6.07, 6.45) is 0. The number of aliphatic imine (C=N–C) groups is 1. The molecule has 8 heteroatoms. The smallest absolute Gasteiger partial charge is 0.231 e. The minimum absolute atomic E-state index is 0. The maximum absolute atomic E-state index is 5.41. The van der Waals surface area contributed by atoms with Gasteiger partial charge in [0.15, 0.2) is 17.5 Å². The molecule has 0 saturated heterocycles. The molecule has 1 aromatic heterocycles. The SMILES string of the molecule is CN=C(NCc1ccc2c(c1)OCO2)NCc1nc(-c2ccccc2)cs1.I. The number of halogens is 1. The molecule has 28 heavy (non-hydrogen) atoms. The number of fused-ring (bicyclic) bond motifs is 1. The van der Waals surface area contributed by atoms with Crippen molar-refractivity contribution in [3.8, 4) is 22.8 Å². The van der Waals surface area contributed by atoms with Crippen LogP contribution in [0, 0.1) is 0 Å². The molecule has 1 aliphatic rings. The summed E-state index contributed by atoms with van der Waals surface area (Å²) < 4.78 is 10.8. The molecular formula is C20H21IN4O2S. The number of aromatic nitrogens is 1. The first-order valence-electron chi connectivity index (χ1n) is 8.65. The van der Waals surface area contributed by atoms with Crippen LogP contribution in [-0.2, 0) is 13.1 Å². The van der Waals surface area contributed by atoms with Gasteiger partial charge in [0.2, 0.25) is 6.79 Å². The molecule has 2 heterocycles. The lowest BCUT2D eigenvalue weighted by Crippen LogP contribution is -2.36. The molecule has 0 atom stereocenters. The van der Waals surface area contributed by atoms with E-state index in [1.165, 1.54) is 0 Å². The Bertz CT molecular complexity index is 946. The highest BCUT2D eigenvalue weighted by atomic mass is 127. The minimum atomic E-state index is 0. The van der Waals surface area contributed by atoms with Gasteiger partial charge in [0, 0.05) is 24.5 Å². The molecule has 0 aliphatic carbocycles. The lowest BCUT2D eigenvalue weighted by Gasteiger charge is -2.11. The second kappa shape index (κ2) is 9.74. The Kier molecular flexibility index (Phi) is 7.10. The minimum Gasteiger partial charge on any atom is -0.454 e. The number of nitrogens with one attached hydrogen (secondary N) is 2. The fraction of sp³-hybridized carbons (Fsp3) is 0.200. The zero-order valence-corrected chi connectivity index (χ0v) is 18.5. The van der Waals surface area contributed by atoms with Gasteiger partial charge in [0.05, 0.1) is 12.2 Å². The number of hydrogen-bond acceptors (Lipinski definition) is 5. The highest BCUT2D eigenvalue weighted by Crippen LogP contribution is 2.32. The van der Waals surface area contributed by atoms with E-state index in [9.17, 15) is 0 Å². The van der Waals surface area contributed by atoms with Crippen LogP contribution in [0.2, 0.25) is 0 Å². The first kappa shape index (κ1) is 20.4. The van der Waals surface area contributed by atoms with Gasteiger partial charge in [-0.05, 0) is 17.7 Å². The van der Waals surface area contributed by atoms with E-state index in [0.29, 0.717) is 13.1 Å². The summed E-state index contributed by atoms with van der Waals surface area (Å²) in [5.74, 6) is 2.30. The molecule has 0 unspecified atom stereocenters. The molecule has 1 aliphatic heterocycles. The summed E-state index contributed by atoms with van der Waals surface area (Å²) in [5, 5.41) is 9.70. The van der Waals surface area contributed by atoms with Crippen molar-refractivity contribution >= 4 is 41.3 Å². The molecule has 0 amide bonds. The van der Waals surface area contributed by atoms with Gasteiger partial charge in [-0.15, -0.1) is 35.3 Å². The topological polar surface area (TPSA) is 67.8 Å². The Hall–Kier alpha value is -2.33. The average Bonchev–Trinajstić information content (AvgIpc) is 3.38. The third-order valence-corrected chi connectivity index (χ3v) is 5.00. The van der Waals surface area contributed by atoms with E-state index in [1.807, 2.05) is 36.4 Å². The molecule has 4 rings (SSSR count). The van der Waals surface area contributed by atoms with Gasteiger partial charge in [-0.2, -0.15) is 0 Å². The molecule has 146 valence electrons. The van der Waals surface area contributed by atoms with Crippen LogP contribution < -0.4 is 20.1 Å². The summed E-state index contributed by atoms with van der Waals surface area (Å²) >= 11 is 1.64. The van der Waals surface area contributed by atoms with Gasteiger partial charge >= 0.3 is 0 Å². The standard InChI is InChI=1S/C20H20N4O2S.HI/c1-21-20(22-10-14-7-8-17-18(9-14)26-13-25-17)23-11-19-24-16(12-27-19)15-5-3-2-4-6-15;/h2-9,12H,10-11,13H2,1H3,(H2,21,22,23);1H. The van der Waals surface area contributed by atoms with E-state index < -0.39 is 0 Å². The number of nitrogens with zero attached hydrogens (tertiary/aromatic N) is 2. The lowest BCUT2D eigenvalue weighted by molar-refractivity contribution is 0.174. The zero-order valence-electron chi connectivity index (χ0n) is 15.3. The number of thiazole rings is 1. The van der Waals surface area contributed by atoms with Crippen molar-refractivity contribution < 1.29 is 9.47 Å². The van der Waals surface area contributed by atoms with Crippen molar-refractivity contribution in [1.29, 1.82) is 0 Å². The summed E-state index contributed by atoms with van der Waals surface area (Å²) in [6, 6.07) is 16.1. The molecule has 2 aromatic carbocycles. The number of ether oxygens (including phenoxy) is 2. The molecule has 6 nitrogen and oxygen atoms in total. The number of hydrogen-bond donors (Lipinski definition) is 2. The van der Waals surface area contributed by atoms with Crippen LogP contribution in [0.1, 0.15) is 10.6 Å². The van der Waals surface area contributed by atoms with Crippen LogP contribution in [0.25, 0.3) is 11.3 Å². The zero-order chi connectivity index (χ0) is 18.5. The average molecular weight is 508 g/mol. The van der Waals surface area contributed by atoms with Crippen molar-refractivity contribution in [3.63, 3.8) is 0 Å². The maximum Gasteiger partial charge on any atom is 0.231 e. The molecule has 0 saturated carbocycles. The fourth-order valence-electron chi connectivity index (χ4n) is 2.75. The van der Waals surface area contributed by atoms with E-state index in [4.69, 9.17) is 9.47 Å². The normalized spacial score (nSPS) is 12.4. The van der Waals surface area contributed by atoms with E-state index in [0.717, 1.165) is 39.3 Å². The van der Waals surface area contributed by atoms with Gasteiger partial charge in [0.25, 0.3) is 0 Å². The molecule has 3 aromatic rings. The Morgan fingerprint density at radius 2 is 1.86 bits per heavy atom. The van der Waals surface area contributed by atoms with E-state index in [2.05, 4.69) is 38.1 Å². The van der Waals surface area contributed by atoms with Crippen LogP contribution in [0.5, 0.6) is 11.5 Å². The summed E-state index contributed by atoms with van der Waals surface area (Å²) in [4.78, 5) is 8.96. The Balaban J connectivity index is 0.00000225. The van der Waals surface area contributed by atoms with Crippen molar-refractivity contribution in [3.05, 3.63) is 64.5 Å². The fourth-order valence-corrected chi connectivity index (χ4v) is 3.49. The molecule has 0 fully saturated rings. The van der Waals surface area contributed by atoms with Crippen molar-refractivity contribution in [2.75, 3.05) is 13.8 Å². The predicted molar refractivity (Wildman–Crippen MR) is 123 cm³/mol. The van der Waals surface area contributed by atoms with Gasteiger partial charge in [-0.1, -0.05) is 36.4 Å². The quantitative estimate of drug-likeness (QED) is 0.310. The summed E-state index contributed by atoms with van der Waals surface area (Å²) in [6.45, 7) is 1.55. The van der Waals surface area contributed by atoms with Gasteiger partial charge in [0.1, 0.15) is 5.01 Å². The predicted octanol–water partition coefficient (Wildman–Crippen LogP) is 4.02. The van der Waals surface area contributed by atoms with Crippen LogP contribution in [0.15, 0.2) is 58.9 Å². The molecule has 2 N–H and O–H groups in total. The van der Waals surface area contributed by atoms with Crippen molar-refractivity contribution in [1.82, 2.24) is 15.6 Å². The summed E-state index contributed by atoms with van der Waals surface area (Å²) in [7, 11) is 1.76. The Morgan fingerprint density at radius 3 is 2.68 bits per heavy atom. The largest absolute Gasteiger partial charge is 0.454 e. The Morgan fingerprint density at radius 1 is 1.07 bits per heavy atom. The second-order valence-corrected chi connectivity index (χ2v) is 6.90. The second-order valence-electron chi connectivity index (χ2n) is 5.96. The van der Waals surface area contributed by atoms with Crippen LogP contribution in [-0.4, -0.2) is 24.8 Å². The highest BCUT2D eigenvalue weighted by molar-refractivity contribution is 14.0. The first-order valence-corrected chi connectivity index (χ1v) is 9.52. The first-order chi connectivity index (χ1) is 13.3. The summed E-state index contributed by atoms with van der Waals surface area (Å²) in [5.41, 5.74) is 3.23. The van der Waals surface area contributed by atoms with Gasteiger partial charge < -0.3 is 20.1 Å². The van der Waals surface area contributed by atoms with Gasteiger partial charge in [-0.3, -0.25) is 4.99 Å². The van der Waals surface area contributed by atoms with Crippen molar-refractivity contribution in [2.45, 2.75) is 13.1 Å². The lowest BCUT2D eigenvalue weighted by atomic mass is 10.2. The van der Waals surface area contributed by atoms with Gasteiger partial charge in [-0.25, -0.2) is 4.98 Å². The third kappa shape index (κ3) is 4.93. The number of guanidine groups is 1. The van der Waals surface area contributed by atoms with Crippen LogP contribution in [0.3, 0.4) is 0 Å². The van der Waals surface area contributed by atoms with E-state index in [-0.39, 0.29) is 30.8 Å². The van der Waals surface area contributed by atoms with E-state index >= 15 is 0 Å². The third-order valence-electron chi connectivity index (χ3n) is 4.15. The van der Waals surface area contributed by atoms with Crippen LogP contribution in [0.4, 0.5) is 0 Å². The van der Waals surface area contributed by atoms with E-state index in [1.54, 1.807) is 18.4 Å². The molecule has 0 bridgehead atoms. The molecular weight excluding hydrogens is 487 g/mol. The highest BCUT2D eigenvalue weighted by Gasteiger charge is 2.13. The monoisotopic (exact) mass is 508 g/mol. The Labute approximate surface area is 185 Å². The number of benzene rings is 2. The van der Waals surface area contributed by atoms with Crippen molar-refractivity contribution in [2.24, 2.45) is 4.99 Å². The maximum atomic E-state index is 5.41. The van der Waals surface area contributed by atoms with Crippen LogP contribution >= 0.6 is 35.3 Å². The number of rotatable bonds is 5. The molecule has 0 radical (unpaired) electrons. The molecule has 0 spiro atoms.